The standard InChI is InChI=1S/2C8H12N2O/c1-6(2)7-4-9-5-10(3)8(7)11;1-6(2)7-4-5-9-10(3)8(7)11/h2*4-6H,1-3H3. The molecule has 0 fully saturated rings. The van der Waals surface area contributed by atoms with Gasteiger partial charge in [0.25, 0.3) is 11.1 Å². The van der Waals surface area contributed by atoms with Gasteiger partial charge in [-0.1, -0.05) is 27.7 Å². The van der Waals surface area contributed by atoms with Crippen molar-refractivity contribution in [2.24, 2.45) is 14.1 Å². The van der Waals surface area contributed by atoms with Crippen molar-refractivity contribution in [3.8, 4) is 0 Å². The van der Waals surface area contributed by atoms with Crippen LogP contribution in [0.25, 0.3) is 0 Å². The summed E-state index contributed by atoms with van der Waals surface area (Å²) in [5.41, 5.74) is 1.65. The molecular weight excluding hydrogens is 280 g/mol. The quantitative estimate of drug-likeness (QED) is 0.848. The van der Waals surface area contributed by atoms with E-state index in [0.717, 1.165) is 11.1 Å². The summed E-state index contributed by atoms with van der Waals surface area (Å²) >= 11 is 0. The second kappa shape index (κ2) is 7.68. The fraction of sp³-hybridized carbons (Fsp3) is 0.500. The van der Waals surface area contributed by atoms with Gasteiger partial charge in [-0.15, -0.1) is 0 Å². The van der Waals surface area contributed by atoms with Crippen LogP contribution >= 0.6 is 0 Å². The Labute approximate surface area is 130 Å². The van der Waals surface area contributed by atoms with E-state index in [1.165, 1.54) is 15.6 Å². The van der Waals surface area contributed by atoms with Crippen LogP contribution in [-0.2, 0) is 14.1 Å². The molecular formula is C16H24N4O2. The van der Waals surface area contributed by atoms with Crippen LogP contribution in [0, 0.1) is 0 Å². The predicted molar refractivity (Wildman–Crippen MR) is 87.1 cm³/mol. The van der Waals surface area contributed by atoms with Crippen LogP contribution in [0.5, 0.6) is 0 Å². The van der Waals surface area contributed by atoms with E-state index in [-0.39, 0.29) is 23.0 Å². The molecule has 0 aliphatic heterocycles. The van der Waals surface area contributed by atoms with Crippen molar-refractivity contribution in [1.29, 1.82) is 0 Å². The average molecular weight is 304 g/mol. The van der Waals surface area contributed by atoms with E-state index >= 15 is 0 Å². The molecule has 2 aromatic heterocycles. The van der Waals surface area contributed by atoms with Crippen molar-refractivity contribution >= 4 is 0 Å². The van der Waals surface area contributed by atoms with Gasteiger partial charge in [0, 0.05) is 37.6 Å². The van der Waals surface area contributed by atoms with Gasteiger partial charge in [0.15, 0.2) is 0 Å². The van der Waals surface area contributed by atoms with Gasteiger partial charge in [0.1, 0.15) is 0 Å². The Hall–Kier alpha value is -2.24. The highest BCUT2D eigenvalue weighted by atomic mass is 16.1. The van der Waals surface area contributed by atoms with Gasteiger partial charge in [-0.05, 0) is 17.9 Å². The van der Waals surface area contributed by atoms with E-state index < -0.39 is 0 Å². The first-order valence-electron chi connectivity index (χ1n) is 7.28. The third-order valence-corrected chi connectivity index (χ3v) is 3.30. The maximum Gasteiger partial charge on any atom is 0.269 e. The van der Waals surface area contributed by atoms with Crippen LogP contribution in [0.15, 0.2) is 34.4 Å². The Morgan fingerprint density at radius 1 is 0.955 bits per heavy atom. The van der Waals surface area contributed by atoms with Crippen LogP contribution in [-0.4, -0.2) is 19.3 Å². The topological polar surface area (TPSA) is 69.8 Å². The third kappa shape index (κ3) is 4.38. The maximum absolute atomic E-state index is 11.3. The number of rotatable bonds is 2. The lowest BCUT2D eigenvalue weighted by Crippen LogP contribution is -2.23. The summed E-state index contributed by atoms with van der Waals surface area (Å²) in [6, 6.07) is 1.77. The molecule has 22 heavy (non-hydrogen) atoms. The average Bonchev–Trinajstić information content (AvgIpc) is 2.45. The van der Waals surface area contributed by atoms with Crippen LogP contribution in [0.3, 0.4) is 0 Å². The molecule has 2 aromatic rings. The summed E-state index contributed by atoms with van der Waals surface area (Å²) in [5.74, 6) is 0.527. The molecule has 2 heterocycles. The lowest BCUT2D eigenvalue weighted by atomic mass is 10.1. The third-order valence-electron chi connectivity index (χ3n) is 3.30. The van der Waals surface area contributed by atoms with E-state index in [2.05, 4.69) is 10.1 Å². The fourth-order valence-corrected chi connectivity index (χ4v) is 1.88. The Morgan fingerprint density at radius 3 is 2.00 bits per heavy atom. The number of aryl methyl sites for hydroxylation is 2. The molecule has 6 nitrogen and oxygen atoms in total. The molecule has 120 valence electrons. The number of aromatic nitrogens is 4. The second-order valence-corrected chi connectivity index (χ2v) is 5.79. The van der Waals surface area contributed by atoms with E-state index in [4.69, 9.17) is 0 Å². The highest BCUT2D eigenvalue weighted by molar-refractivity contribution is 5.11. The Bertz CT molecular complexity index is 666. The molecule has 0 aliphatic rings. The minimum Gasteiger partial charge on any atom is -0.302 e. The van der Waals surface area contributed by atoms with Crippen molar-refractivity contribution in [3.05, 3.63) is 56.6 Å². The SMILES string of the molecule is CC(C)c1ccnn(C)c1=O.CC(C)c1cncn(C)c1=O. The molecule has 0 atom stereocenters. The Kier molecular flexibility index (Phi) is 6.22. The highest BCUT2D eigenvalue weighted by Crippen LogP contribution is 2.06. The van der Waals surface area contributed by atoms with Crippen LogP contribution in [0.2, 0.25) is 0 Å². The molecule has 0 N–H and O–H groups in total. The molecule has 0 radical (unpaired) electrons. The van der Waals surface area contributed by atoms with Crippen LogP contribution in [0.4, 0.5) is 0 Å². The van der Waals surface area contributed by atoms with Crippen LogP contribution in [0.1, 0.15) is 50.7 Å². The summed E-state index contributed by atoms with van der Waals surface area (Å²) in [4.78, 5) is 26.6. The monoisotopic (exact) mass is 304 g/mol. The van der Waals surface area contributed by atoms with Crippen molar-refractivity contribution in [2.45, 2.75) is 39.5 Å². The first kappa shape index (κ1) is 17.8. The predicted octanol–water partition coefficient (Wildman–Crippen LogP) is 1.81. The van der Waals surface area contributed by atoms with Gasteiger partial charge in [-0.3, -0.25) is 9.59 Å². The van der Waals surface area contributed by atoms with Crippen molar-refractivity contribution in [2.75, 3.05) is 0 Å². The zero-order valence-corrected chi connectivity index (χ0v) is 14.1. The molecule has 0 saturated carbocycles. The summed E-state index contributed by atoms with van der Waals surface area (Å²) in [7, 11) is 3.37. The normalized spacial score (nSPS) is 10.5. The molecule has 0 amide bonds. The molecule has 0 unspecified atom stereocenters. The number of hydrogen-bond acceptors (Lipinski definition) is 4. The minimum atomic E-state index is 0.00231. The van der Waals surface area contributed by atoms with Gasteiger partial charge >= 0.3 is 0 Å². The van der Waals surface area contributed by atoms with Crippen molar-refractivity contribution in [3.63, 3.8) is 0 Å². The fourth-order valence-electron chi connectivity index (χ4n) is 1.88. The zero-order chi connectivity index (χ0) is 16.9. The summed E-state index contributed by atoms with van der Waals surface area (Å²) in [6.07, 6.45) is 4.80. The van der Waals surface area contributed by atoms with Gasteiger partial charge in [-0.25, -0.2) is 9.67 Å². The first-order chi connectivity index (χ1) is 10.3. The smallest absolute Gasteiger partial charge is 0.269 e. The van der Waals surface area contributed by atoms with Crippen LogP contribution < -0.4 is 11.1 Å². The maximum atomic E-state index is 11.3. The lowest BCUT2D eigenvalue weighted by Gasteiger charge is -2.03. The molecule has 0 saturated heterocycles. The number of nitrogens with zero attached hydrogens (tertiary/aromatic N) is 4. The number of hydrogen-bond donors (Lipinski definition) is 0. The van der Waals surface area contributed by atoms with Gasteiger partial charge in [0.05, 0.1) is 6.33 Å². The molecule has 0 aliphatic carbocycles. The Balaban J connectivity index is 0.000000220. The molecule has 0 spiro atoms. The van der Waals surface area contributed by atoms with E-state index in [1.807, 2.05) is 27.7 Å². The first-order valence-corrected chi connectivity index (χ1v) is 7.28. The van der Waals surface area contributed by atoms with E-state index in [1.54, 1.807) is 32.6 Å². The summed E-state index contributed by atoms with van der Waals surface area (Å²) in [5, 5.41) is 3.83. The van der Waals surface area contributed by atoms with Gasteiger partial charge < -0.3 is 4.57 Å². The van der Waals surface area contributed by atoms with Crippen molar-refractivity contribution < 1.29 is 0 Å². The molecule has 6 heteroatoms. The summed E-state index contributed by atoms with van der Waals surface area (Å²) < 4.78 is 2.85. The zero-order valence-electron chi connectivity index (χ0n) is 14.1. The lowest BCUT2D eigenvalue weighted by molar-refractivity contribution is 0.678. The van der Waals surface area contributed by atoms with Gasteiger partial charge in [0.2, 0.25) is 0 Å². The molecule has 0 bridgehead atoms. The van der Waals surface area contributed by atoms with E-state index in [0.29, 0.717) is 0 Å². The molecule has 0 aromatic carbocycles. The highest BCUT2D eigenvalue weighted by Gasteiger charge is 2.05. The van der Waals surface area contributed by atoms with Crippen molar-refractivity contribution in [1.82, 2.24) is 19.3 Å². The molecule has 2 rings (SSSR count). The Morgan fingerprint density at radius 2 is 1.55 bits per heavy atom. The van der Waals surface area contributed by atoms with Gasteiger partial charge in [-0.2, -0.15) is 5.10 Å². The second-order valence-electron chi connectivity index (χ2n) is 5.79. The largest absolute Gasteiger partial charge is 0.302 e. The van der Waals surface area contributed by atoms with E-state index in [9.17, 15) is 9.59 Å². The summed E-state index contributed by atoms with van der Waals surface area (Å²) in [6.45, 7) is 7.96. The minimum absolute atomic E-state index is 0.00231.